The topological polar surface area (TPSA) is 92.0 Å². The molecule has 0 atom stereocenters. The van der Waals surface area contributed by atoms with Crippen LogP contribution in [0.5, 0.6) is 0 Å². The molecule has 0 radical (unpaired) electrons. The molecule has 32 heavy (non-hydrogen) atoms. The normalized spacial score (nSPS) is 11.3. The van der Waals surface area contributed by atoms with E-state index in [2.05, 4.69) is 17.7 Å². The first kappa shape index (κ1) is 23.5. The molecule has 0 amide bonds. The molecule has 0 bridgehead atoms. The predicted octanol–water partition coefficient (Wildman–Crippen LogP) is 4.08. The van der Waals surface area contributed by atoms with Gasteiger partial charge in [-0.2, -0.15) is 5.26 Å². The number of aromatic nitrogens is 1. The minimum absolute atomic E-state index is 0.0749. The van der Waals surface area contributed by atoms with Crippen molar-refractivity contribution in [1.82, 2.24) is 9.29 Å². The summed E-state index contributed by atoms with van der Waals surface area (Å²) in [5.41, 5.74) is 4.47. The highest BCUT2D eigenvalue weighted by molar-refractivity contribution is 7.88. The Bertz CT molecular complexity index is 1340. The summed E-state index contributed by atoms with van der Waals surface area (Å²) < 4.78 is 27.4. The van der Waals surface area contributed by atoms with E-state index < -0.39 is 10.0 Å². The highest BCUT2D eigenvalue weighted by Gasteiger charge is 2.18. The van der Waals surface area contributed by atoms with Crippen LogP contribution in [0.2, 0.25) is 0 Å². The van der Waals surface area contributed by atoms with Crippen molar-refractivity contribution in [2.75, 3.05) is 6.26 Å². The van der Waals surface area contributed by atoms with Crippen molar-refractivity contribution in [3.63, 3.8) is 0 Å². The Balaban J connectivity index is 2.29. The minimum Gasteiger partial charge on any atom is -0.280 e. The number of benzene rings is 2. The Labute approximate surface area is 189 Å². The molecule has 1 aromatic heterocycles. The van der Waals surface area contributed by atoms with Gasteiger partial charge in [0.15, 0.2) is 0 Å². The summed E-state index contributed by atoms with van der Waals surface area (Å²) in [6.07, 6.45) is 3.67. The smallest absolute Gasteiger partial charge is 0.260 e. The molecular weight excluding hydrogens is 422 g/mol. The number of hydrogen-bond acceptors (Lipinski definition) is 4. The number of para-hydroxylation sites is 1. The largest absolute Gasteiger partial charge is 0.280 e. The zero-order valence-corrected chi connectivity index (χ0v) is 19.4. The van der Waals surface area contributed by atoms with Gasteiger partial charge in [-0.3, -0.25) is 9.36 Å². The van der Waals surface area contributed by atoms with Gasteiger partial charge >= 0.3 is 0 Å². The van der Waals surface area contributed by atoms with E-state index in [9.17, 15) is 18.5 Å². The average Bonchev–Trinajstić information content (AvgIpc) is 2.76. The summed E-state index contributed by atoms with van der Waals surface area (Å²) in [5.74, 6) is 0. The van der Waals surface area contributed by atoms with E-state index in [0.29, 0.717) is 23.2 Å². The van der Waals surface area contributed by atoms with Gasteiger partial charge in [0.2, 0.25) is 10.0 Å². The standard InChI is InChI=1S/C25H27N3O3S/c1-4-5-11-20-15-18(2)23(17-27-32(3,30)31)25(29)28(20)24-14-9-8-13-22(24)21-12-7-6-10-19(21)16-26/h6-10,12-15,27H,4-5,11,17H2,1-3H3. The number of aryl methyl sites for hydroxylation is 2. The number of nitriles is 1. The van der Waals surface area contributed by atoms with Crippen LogP contribution < -0.4 is 10.3 Å². The van der Waals surface area contributed by atoms with E-state index in [1.165, 1.54) is 0 Å². The first-order chi connectivity index (χ1) is 15.3. The quantitative estimate of drug-likeness (QED) is 0.561. The molecule has 3 aromatic rings. The van der Waals surface area contributed by atoms with Crippen molar-refractivity contribution in [1.29, 1.82) is 5.26 Å². The summed E-state index contributed by atoms with van der Waals surface area (Å²) in [6, 6.07) is 19.0. The van der Waals surface area contributed by atoms with Gasteiger partial charge < -0.3 is 0 Å². The Morgan fingerprint density at radius 3 is 2.38 bits per heavy atom. The second-order valence-electron chi connectivity index (χ2n) is 7.81. The third kappa shape index (κ3) is 5.16. The van der Waals surface area contributed by atoms with Crippen LogP contribution >= 0.6 is 0 Å². The first-order valence-corrected chi connectivity index (χ1v) is 12.4. The van der Waals surface area contributed by atoms with E-state index in [4.69, 9.17) is 0 Å². The van der Waals surface area contributed by atoms with Crippen molar-refractivity contribution >= 4 is 10.0 Å². The molecule has 0 aliphatic rings. The maximum Gasteiger partial charge on any atom is 0.260 e. The number of nitrogens with zero attached hydrogens (tertiary/aromatic N) is 2. The van der Waals surface area contributed by atoms with Crippen molar-refractivity contribution in [3.8, 4) is 22.9 Å². The summed E-state index contributed by atoms with van der Waals surface area (Å²) in [7, 11) is -3.45. The molecular formula is C25H27N3O3S. The van der Waals surface area contributed by atoms with Crippen LogP contribution in [0.3, 0.4) is 0 Å². The third-order valence-electron chi connectivity index (χ3n) is 5.39. The fraction of sp³-hybridized carbons (Fsp3) is 0.280. The lowest BCUT2D eigenvalue weighted by Gasteiger charge is -2.20. The van der Waals surface area contributed by atoms with Crippen molar-refractivity contribution in [2.24, 2.45) is 0 Å². The number of pyridine rings is 1. The second-order valence-corrected chi connectivity index (χ2v) is 9.64. The van der Waals surface area contributed by atoms with E-state index in [1.54, 1.807) is 10.6 Å². The average molecular weight is 450 g/mol. The van der Waals surface area contributed by atoms with Gasteiger partial charge in [-0.1, -0.05) is 49.7 Å². The fourth-order valence-electron chi connectivity index (χ4n) is 3.77. The van der Waals surface area contributed by atoms with Crippen LogP contribution in [-0.2, 0) is 23.0 Å². The van der Waals surface area contributed by atoms with Gasteiger partial charge in [0.25, 0.3) is 5.56 Å². The van der Waals surface area contributed by atoms with Crippen LogP contribution in [0, 0.1) is 18.3 Å². The fourth-order valence-corrected chi connectivity index (χ4v) is 4.18. The zero-order valence-electron chi connectivity index (χ0n) is 18.6. The van der Waals surface area contributed by atoms with Crippen LogP contribution in [0.15, 0.2) is 59.4 Å². The molecule has 1 heterocycles. The summed E-state index contributed by atoms with van der Waals surface area (Å²) in [4.78, 5) is 13.7. The lowest BCUT2D eigenvalue weighted by molar-refractivity contribution is 0.587. The van der Waals surface area contributed by atoms with Crippen LogP contribution in [-0.4, -0.2) is 19.2 Å². The zero-order chi connectivity index (χ0) is 23.3. The molecule has 6 nitrogen and oxygen atoms in total. The van der Waals surface area contributed by atoms with E-state index in [0.717, 1.165) is 41.5 Å². The van der Waals surface area contributed by atoms with Gasteiger partial charge in [0.1, 0.15) is 0 Å². The van der Waals surface area contributed by atoms with Gasteiger partial charge in [-0.25, -0.2) is 13.1 Å². The molecule has 2 aromatic carbocycles. The van der Waals surface area contributed by atoms with Crippen molar-refractivity contribution in [3.05, 3.63) is 87.3 Å². The monoisotopic (exact) mass is 449 g/mol. The Hall–Kier alpha value is -3.21. The Morgan fingerprint density at radius 1 is 1.06 bits per heavy atom. The number of sulfonamides is 1. The molecule has 0 unspecified atom stereocenters. The summed E-state index contributed by atoms with van der Waals surface area (Å²) in [5, 5.41) is 9.61. The van der Waals surface area contributed by atoms with Gasteiger partial charge in [-0.05, 0) is 43.5 Å². The Kier molecular flexibility index (Phi) is 7.29. The van der Waals surface area contributed by atoms with Crippen LogP contribution in [0.4, 0.5) is 0 Å². The van der Waals surface area contributed by atoms with E-state index >= 15 is 0 Å². The molecule has 0 saturated heterocycles. The molecule has 0 spiro atoms. The highest BCUT2D eigenvalue weighted by Crippen LogP contribution is 2.30. The molecule has 0 aliphatic heterocycles. The molecule has 0 fully saturated rings. The molecule has 1 N–H and O–H groups in total. The number of hydrogen-bond donors (Lipinski definition) is 1. The highest BCUT2D eigenvalue weighted by atomic mass is 32.2. The summed E-state index contributed by atoms with van der Waals surface area (Å²) >= 11 is 0. The lowest BCUT2D eigenvalue weighted by atomic mass is 9.97. The minimum atomic E-state index is -3.45. The summed E-state index contributed by atoms with van der Waals surface area (Å²) in [6.45, 7) is 3.85. The van der Waals surface area contributed by atoms with Crippen LogP contribution in [0.1, 0.15) is 42.1 Å². The SMILES string of the molecule is CCCCc1cc(C)c(CNS(C)(=O)=O)c(=O)n1-c1ccccc1-c1ccccc1C#N. The maximum atomic E-state index is 13.7. The number of rotatable bonds is 8. The number of unbranched alkanes of at least 4 members (excludes halogenated alkanes) is 1. The predicted molar refractivity (Wildman–Crippen MR) is 127 cm³/mol. The molecule has 0 saturated carbocycles. The second kappa shape index (κ2) is 9.94. The van der Waals surface area contributed by atoms with E-state index in [-0.39, 0.29) is 12.1 Å². The molecule has 0 aliphatic carbocycles. The molecule has 166 valence electrons. The Morgan fingerprint density at radius 2 is 1.72 bits per heavy atom. The third-order valence-corrected chi connectivity index (χ3v) is 6.06. The van der Waals surface area contributed by atoms with Gasteiger partial charge in [0.05, 0.1) is 23.6 Å². The molecule has 7 heteroatoms. The maximum absolute atomic E-state index is 13.7. The number of nitrogens with one attached hydrogen (secondary N) is 1. The van der Waals surface area contributed by atoms with Crippen molar-refractivity contribution in [2.45, 2.75) is 39.7 Å². The van der Waals surface area contributed by atoms with Crippen molar-refractivity contribution < 1.29 is 8.42 Å². The van der Waals surface area contributed by atoms with Gasteiger partial charge in [0, 0.05) is 28.9 Å². The first-order valence-electron chi connectivity index (χ1n) is 10.5. The van der Waals surface area contributed by atoms with Crippen LogP contribution in [0.25, 0.3) is 16.8 Å². The van der Waals surface area contributed by atoms with Gasteiger partial charge in [-0.15, -0.1) is 0 Å². The van der Waals surface area contributed by atoms with E-state index in [1.807, 2.05) is 55.5 Å². The lowest BCUT2D eigenvalue weighted by Crippen LogP contribution is -2.31. The molecule has 3 rings (SSSR count).